The molecule has 0 aliphatic rings. The van der Waals surface area contributed by atoms with E-state index in [0.29, 0.717) is 23.4 Å². The standard InChI is InChI=1S/C13H18N4O3/c1-3-4-12(19)15-9-5-6-11(18)10(7-9)8(2)16-17-13(14)20/h5-7,18H,3-4H2,1-2H3,(H,15,19)(H3,14,17,20)/b16-8+. The number of phenols is 1. The van der Waals surface area contributed by atoms with Gasteiger partial charge < -0.3 is 16.2 Å². The van der Waals surface area contributed by atoms with Crippen molar-refractivity contribution in [3.8, 4) is 5.75 Å². The van der Waals surface area contributed by atoms with Gasteiger partial charge in [0.05, 0.1) is 5.71 Å². The third-order valence-electron chi connectivity index (χ3n) is 2.48. The van der Waals surface area contributed by atoms with Crippen molar-refractivity contribution >= 4 is 23.3 Å². The number of phenolic OH excluding ortho intramolecular Hbond substituents is 1. The summed E-state index contributed by atoms with van der Waals surface area (Å²) in [6.45, 7) is 3.51. The number of urea groups is 1. The molecular weight excluding hydrogens is 260 g/mol. The molecule has 3 amide bonds. The molecule has 0 radical (unpaired) electrons. The van der Waals surface area contributed by atoms with E-state index in [1.165, 1.54) is 6.07 Å². The van der Waals surface area contributed by atoms with E-state index in [4.69, 9.17) is 5.73 Å². The van der Waals surface area contributed by atoms with Crippen LogP contribution in [0, 0.1) is 0 Å². The number of nitrogens with two attached hydrogens (primary N) is 1. The molecule has 0 heterocycles. The van der Waals surface area contributed by atoms with Crippen LogP contribution in [0.1, 0.15) is 32.3 Å². The highest BCUT2D eigenvalue weighted by atomic mass is 16.3. The molecule has 0 bridgehead atoms. The van der Waals surface area contributed by atoms with Gasteiger partial charge in [0, 0.05) is 17.7 Å². The van der Waals surface area contributed by atoms with Crippen LogP contribution in [0.5, 0.6) is 5.75 Å². The van der Waals surface area contributed by atoms with Gasteiger partial charge in [0.2, 0.25) is 5.91 Å². The van der Waals surface area contributed by atoms with Crippen molar-refractivity contribution in [1.29, 1.82) is 0 Å². The lowest BCUT2D eigenvalue weighted by Gasteiger charge is -2.09. The zero-order valence-electron chi connectivity index (χ0n) is 11.4. The molecular formula is C13H18N4O3. The highest BCUT2D eigenvalue weighted by Gasteiger charge is 2.08. The van der Waals surface area contributed by atoms with Crippen LogP contribution in [0.3, 0.4) is 0 Å². The molecule has 0 fully saturated rings. The van der Waals surface area contributed by atoms with Crippen molar-refractivity contribution in [1.82, 2.24) is 5.43 Å². The highest BCUT2D eigenvalue weighted by Crippen LogP contribution is 2.22. The van der Waals surface area contributed by atoms with Gasteiger partial charge in [-0.25, -0.2) is 10.2 Å². The van der Waals surface area contributed by atoms with E-state index < -0.39 is 6.03 Å². The maximum Gasteiger partial charge on any atom is 0.332 e. The van der Waals surface area contributed by atoms with Gasteiger partial charge in [-0.1, -0.05) is 6.92 Å². The summed E-state index contributed by atoms with van der Waals surface area (Å²) in [6, 6.07) is 3.81. The Morgan fingerprint density at radius 1 is 1.40 bits per heavy atom. The predicted octanol–water partition coefficient (Wildman–Crippen LogP) is 1.52. The third kappa shape index (κ3) is 4.60. The second kappa shape index (κ2) is 7.13. The second-order valence-corrected chi connectivity index (χ2v) is 4.20. The van der Waals surface area contributed by atoms with Crippen molar-refractivity contribution in [3.05, 3.63) is 23.8 Å². The molecule has 5 N–H and O–H groups in total. The minimum absolute atomic E-state index is 0.00832. The van der Waals surface area contributed by atoms with Gasteiger partial charge in [-0.3, -0.25) is 4.79 Å². The van der Waals surface area contributed by atoms with E-state index in [0.717, 1.165) is 6.42 Å². The summed E-state index contributed by atoms with van der Waals surface area (Å²) >= 11 is 0. The molecule has 0 saturated carbocycles. The molecule has 0 aliphatic heterocycles. The third-order valence-corrected chi connectivity index (χ3v) is 2.48. The Hall–Kier alpha value is -2.57. The number of anilines is 1. The number of nitrogens with zero attached hydrogens (tertiary/aromatic N) is 1. The Balaban J connectivity index is 2.94. The number of amides is 3. The fraction of sp³-hybridized carbons (Fsp3) is 0.308. The van der Waals surface area contributed by atoms with Gasteiger partial charge >= 0.3 is 6.03 Å². The van der Waals surface area contributed by atoms with Gasteiger partial charge in [-0.05, 0) is 31.5 Å². The van der Waals surface area contributed by atoms with Gasteiger partial charge in [0.25, 0.3) is 0 Å². The van der Waals surface area contributed by atoms with E-state index in [-0.39, 0.29) is 11.7 Å². The zero-order valence-corrected chi connectivity index (χ0v) is 11.4. The van der Waals surface area contributed by atoms with E-state index in [2.05, 4.69) is 15.8 Å². The van der Waals surface area contributed by atoms with Crippen molar-refractivity contribution < 1.29 is 14.7 Å². The molecule has 1 rings (SSSR count). The molecule has 20 heavy (non-hydrogen) atoms. The lowest BCUT2D eigenvalue weighted by molar-refractivity contribution is -0.116. The number of rotatable bonds is 5. The molecule has 0 atom stereocenters. The van der Waals surface area contributed by atoms with Crippen LogP contribution >= 0.6 is 0 Å². The fourth-order valence-corrected chi connectivity index (χ4v) is 1.55. The van der Waals surface area contributed by atoms with Gasteiger partial charge in [-0.15, -0.1) is 0 Å². The number of nitrogens with one attached hydrogen (secondary N) is 2. The number of primary amides is 1. The quantitative estimate of drug-likeness (QED) is 0.371. The van der Waals surface area contributed by atoms with E-state index in [1.807, 2.05) is 6.92 Å². The number of hydrogen-bond acceptors (Lipinski definition) is 4. The maximum absolute atomic E-state index is 11.5. The normalized spacial score (nSPS) is 11.0. The molecule has 0 aromatic heterocycles. The molecule has 0 saturated heterocycles. The lowest BCUT2D eigenvalue weighted by atomic mass is 10.1. The van der Waals surface area contributed by atoms with Crippen LogP contribution in [0.2, 0.25) is 0 Å². The Labute approximate surface area is 116 Å². The highest BCUT2D eigenvalue weighted by molar-refractivity contribution is 6.03. The average Bonchev–Trinajstić information content (AvgIpc) is 2.38. The number of carbonyl (C=O) groups is 2. The Morgan fingerprint density at radius 3 is 2.70 bits per heavy atom. The summed E-state index contributed by atoms with van der Waals surface area (Å²) in [5.74, 6) is -0.111. The van der Waals surface area contributed by atoms with Crippen LogP contribution in [-0.2, 0) is 4.79 Å². The van der Waals surface area contributed by atoms with Crippen LogP contribution in [0.4, 0.5) is 10.5 Å². The first kappa shape index (κ1) is 15.5. The summed E-state index contributed by atoms with van der Waals surface area (Å²) in [4.78, 5) is 22.1. The van der Waals surface area contributed by atoms with E-state index in [1.54, 1.807) is 19.1 Å². The van der Waals surface area contributed by atoms with Crippen LogP contribution in [0.25, 0.3) is 0 Å². The molecule has 1 aromatic carbocycles. The van der Waals surface area contributed by atoms with Gasteiger partial charge in [0.1, 0.15) is 5.75 Å². The average molecular weight is 278 g/mol. The Morgan fingerprint density at radius 2 is 2.10 bits per heavy atom. The first-order chi connectivity index (χ1) is 9.43. The number of carbonyl (C=O) groups excluding carboxylic acids is 2. The minimum atomic E-state index is -0.795. The summed E-state index contributed by atoms with van der Waals surface area (Å²) < 4.78 is 0. The fourth-order valence-electron chi connectivity index (χ4n) is 1.55. The number of benzene rings is 1. The Bertz CT molecular complexity index is 540. The molecule has 0 spiro atoms. The van der Waals surface area contributed by atoms with Crippen LogP contribution in [-0.4, -0.2) is 22.8 Å². The van der Waals surface area contributed by atoms with Crippen LogP contribution in [0.15, 0.2) is 23.3 Å². The molecule has 7 nitrogen and oxygen atoms in total. The van der Waals surface area contributed by atoms with Crippen LogP contribution < -0.4 is 16.5 Å². The molecule has 1 aromatic rings. The molecule has 108 valence electrons. The van der Waals surface area contributed by atoms with Crippen molar-refractivity contribution in [2.24, 2.45) is 10.8 Å². The van der Waals surface area contributed by atoms with E-state index in [9.17, 15) is 14.7 Å². The predicted molar refractivity (Wildman–Crippen MR) is 76.6 cm³/mol. The van der Waals surface area contributed by atoms with Crippen molar-refractivity contribution in [3.63, 3.8) is 0 Å². The molecule has 0 unspecified atom stereocenters. The monoisotopic (exact) mass is 278 g/mol. The first-order valence-corrected chi connectivity index (χ1v) is 6.17. The summed E-state index contributed by atoms with van der Waals surface area (Å²) in [5, 5.41) is 16.2. The summed E-state index contributed by atoms with van der Waals surface area (Å²) in [7, 11) is 0. The minimum Gasteiger partial charge on any atom is -0.507 e. The molecule has 7 heteroatoms. The largest absolute Gasteiger partial charge is 0.507 e. The number of hydrogen-bond donors (Lipinski definition) is 4. The number of aromatic hydroxyl groups is 1. The topological polar surface area (TPSA) is 117 Å². The molecule has 0 aliphatic carbocycles. The van der Waals surface area contributed by atoms with Gasteiger partial charge in [0.15, 0.2) is 0 Å². The first-order valence-electron chi connectivity index (χ1n) is 6.17. The zero-order chi connectivity index (χ0) is 15.1. The second-order valence-electron chi connectivity index (χ2n) is 4.20. The van der Waals surface area contributed by atoms with Crippen molar-refractivity contribution in [2.45, 2.75) is 26.7 Å². The van der Waals surface area contributed by atoms with Crippen molar-refractivity contribution in [2.75, 3.05) is 5.32 Å². The maximum atomic E-state index is 11.5. The smallest absolute Gasteiger partial charge is 0.332 e. The van der Waals surface area contributed by atoms with E-state index >= 15 is 0 Å². The summed E-state index contributed by atoms with van der Waals surface area (Å²) in [5.41, 5.74) is 8.30. The lowest BCUT2D eigenvalue weighted by Crippen LogP contribution is -2.25. The SMILES string of the molecule is CCCC(=O)Nc1ccc(O)c(/C(C)=N/NC(N)=O)c1. The van der Waals surface area contributed by atoms with Gasteiger partial charge in [-0.2, -0.15) is 5.10 Å². The Kier molecular flexibility index (Phi) is 5.52. The number of hydrazone groups is 1. The summed E-state index contributed by atoms with van der Waals surface area (Å²) in [6.07, 6.45) is 1.17.